The molecule has 0 unspecified atom stereocenters. The molecule has 0 saturated heterocycles. The van der Waals surface area contributed by atoms with Crippen LogP contribution in [0.25, 0.3) is 11.0 Å². The Morgan fingerprint density at radius 2 is 1.92 bits per heavy atom. The first-order chi connectivity index (χ1) is 5.47. The number of hydrogen-bond donors (Lipinski definition) is 0. The molecule has 0 aliphatic rings. The van der Waals surface area contributed by atoms with E-state index in [1.165, 1.54) is 14.8 Å². The van der Waals surface area contributed by atoms with Crippen LogP contribution in [0.3, 0.4) is 0 Å². The van der Waals surface area contributed by atoms with Crippen LogP contribution >= 0.6 is 0 Å². The van der Waals surface area contributed by atoms with E-state index in [1.807, 2.05) is 30.3 Å². The first-order valence-corrected chi connectivity index (χ1v) is 12.9. The zero-order valence-electron chi connectivity index (χ0n) is 6.91. The van der Waals surface area contributed by atoms with Crippen LogP contribution in [0, 0.1) is 6.26 Å². The summed E-state index contributed by atoms with van der Waals surface area (Å²) in [5.41, 5.74) is 0.900. The van der Waals surface area contributed by atoms with Gasteiger partial charge in [-0.1, -0.05) is 18.2 Å². The third-order valence-corrected chi connectivity index (χ3v) is 1.30. The third-order valence-electron chi connectivity index (χ3n) is 1.30. The van der Waals surface area contributed by atoms with Crippen molar-refractivity contribution in [2.45, 2.75) is 0 Å². The summed E-state index contributed by atoms with van der Waals surface area (Å²) in [6, 6.07) is 9.67. The van der Waals surface area contributed by atoms with Crippen molar-refractivity contribution in [2.24, 2.45) is 0 Å². The molecule has 0 atom stereocenters. The van der Waals surface area contributed by atoms with Gasteiger partial charge in [0, 0.05) is 0 Å². The van der Waals surface area contributed by atoms with E-state index in [1.54, 1.807) is 0 Å². The second-order valence-electron chi connectivity index (χ2n) is 1.90. The van der Waals surface area contributed by atoms with E-state index in [0.717, 1.165) is 11.0 Å². The van der Waals surface area contributed by atoms with E-state index < -0.39 is 0 Å². The molecule has 0 saturated carbocycles. The predicted molar refractivity (Wildman–Crippen MR) is 36.4 cm³/mol. The minimum absolute atomic E-state index is 0. The Bertz CT molecular complexity index is 293. The molecule has 0 amide bonds. The average molecular weight is 317 g/mol. The molecule has 1 heterocycles. The van der Waals surface area contributed by atoms with Crippen molar-refractivity contribution >= 4 is 11.0 Å². The monoisotopic (exact) mass is 316 g/mol. The Labute approximate surface area is 104 Å². The van der Waals surface area contributed by atoms with E-state index in [9.17, 15) is 0 Å². The first kappa shape index (κ1) is 12.7. The van der Waals surface area contributed by atoms with Gasteiger partial charge in [-0.15, -0.1) is 17.5 Å². The molecule has 1 nitrogen and oxygen atoms in total. The van der Waals surface area contributed by atoms with E-state index >= 15 is 0 Å². The summed E-state index contributed by atoms with van der Waals surface area (Å²) in [5.74, 6) is 0. The number of fused-ring (bicyclic) bond motifs is 1. The van der Waals surface area contributed by atoms with Crippen LogP contribution in [0.5, 0.6) is 0 Å². The second kappa shape index (κ2) is 7.15. The maximum absolute atomic E-state index is 4.99. The number of rotatable bonds is 0. The number of halogens is 1. The predicted octanol–water partition coefficient (Wildman–Crippen LogP) is -4.03. The molecule has 0 bridgehead atoms. The Morgan fingerprint density at radius 3 is 2.58 bits per heavy atom. The molecule has 12 heavy (non-hydrogen) atoms. The summed E-state index contributed by atoms with van der Waals surface area (Å²) in [7, 11) is 0. The van der Waals surface area contributed by atoms with Gasteiger partial charge in [-0.3, -0.25) is 0 Å². The van der Waals surface area contributed by atoms with Gasteiger partial charge < -0.3 is 4.42 Å². The van der Waals surface area contributed by atoms with Gasteiger partial charge in [0.05, 0.1) is 0 Å². The molecule has 0 aliphatic heterocycles. The summed E-state index contributed by atoms with van der Waals surface area (Å²) in [5, 5.41) is 1.11. The fourth-order valence-corrected chi connectivity index (χ4v) is 0.849. The van der Waals surface area contributed by atoms with Crippen molar-refractivity contribution in [2.75, 3.05) is 0 Å². The van der Waals surface area contributed by atoms with Crippen molar-refractivity contribution in [3.8, 4) is 0 Å². The molecule has 2 aromatic rings. The largest absolute Gasteiger partial charge is 0.591 e. The normalized spacial score (nSPS) is 8.25. The zero-order valence-corrected chi connectivity index (χ0v) is 12.2. The summed E-state index contributed by atoms with van der Waals surface area (Å²) in [4.78, 5) is 0. The third kappa shape index (κ3) is 3.22. The molecule has 1 aromatic carbocycles. The number of hydrogen-bond acceptors (Lipinski definition) is 1. The summed E-state index contributed by atoms with van der Waals surface area (Å²) in [6.07, 6.45) is 2.66. The van der Waals surface area contributed by atoms with Crippen molar-refractivity contribution in [1.82, 2.24) is 0 Å². The number of para-hydroxylation sites is 1. The molecule has 0 fully saturated rings. The molecule has 1 aromatic heterocycles. The molecule has 0 N–H and O–H groups in total. The summed E-state index contributed by atoms with van der Waals surface area (Å²) >= 11 is 3.46. The molecule has 4 heteroatoms. The van der Waals surface area contributed by atoms with Gasteiger partial charge in [-0.05, 0) is 11.8 Å². The maximum atomic E-state index is 4.99. The van der Waals surface area contributed by atoms with Crippen LogP contribution in [0.1, 0.15) is 0 Å². The second-order valence-corrected chi connectivity index (χ2v) is 1.90. The van der Waals surface area contributed by atoms with E-state index in [0.29, 0.717) is 0 Å². The molecule has 0 spiro atoms. The number of furan rings is 1. The molecule has 0 aliphatic carbocycles. The Morgan fingerprint density at radius 1 is 1.25 bits per heavy atom. The van der Waals surface area contributed by atoms with Gasteiger partial charge in [0.2, 0.25) is 0 Å². The van der Waals surface area contributed by atoms with Crippen molar-refractivity contribution < 1.29 is 57.8 Å². The first-order valence-electron chi connectivity index (χ1n) is 3.10. The fraction of sp³-hybridized carbons (Fsp3) is 0. The standard InChI is InChI=1S/C8H5O.HI.Li.Zn/c1-2-4-8-7(3-1)5-6-9-8;;;/h1-5H;1H;;/q-1;;+1;+2. The van der Waals surface area contributed by atoms with E-state index in [4.69, 9.17) is 4.42 Å². The van der Waals surface area contributed by atoms with Gasteiger partial charge >= 0.3 is 53.4 Å². The molecule has 52 valence electrons. The SMILES string of the molecule is [Li+].[Zn+][IH+].[c-]1cc2ccccc2o1. The van der Waals surface area contributed by atoms with Crippen LogP contribution in [0.15, 0.2) is 34.7 Å². The Balaban J connectivity index is 0.000000378. The van der Waals surface area contributed by atoms with Crippen molar-refractivity contribution in [3.05, 3.63) is 36.6 Å². The number of benzene rings is 1. The Kier molecular flexibility index (Phi) is 7.57. The van der Waals surface area contributed by atoms with Crippen LogP contribution in [-0.4, -0.2) is 0 Å². The molecular weight excluding hydrogens is 311 g/mol. The quantitative estimate of drug-likeness (QED) is 0.274. The average Bonchev–Trinajstić information content (AvgIpc) is 2.55. The van der Waals surface area contributed by atoms with Gasteiger partial charge in [-0.2, -0.15) is 0 Å². The van der Waals surface area contributed by atoms with Crippen LogP contribution < -0.4 is 38.6 Å². The van der Waals surface area contributed by atoms with E-state index in [-0.39, 0.29) is 18.9 Å². The van der Waals surface area contributed by atoms with Crippen molar-refractivity contribution in [1.29, 1.82) is 0 Å². The molecule has 2 rings (SSSR count). The van der Waals surface area contributed by atoms with Crippen LogP contribution in [0.2, 0.25) is 0 Å². The van der Waals surface area contributed by atoms with Gasteiger partial charge in [0.25, 0.3) is 0 Å². The van der Waals surface area contributed by atoms with Crippen LogP contribution in [0.4, 0.5) is 0 Å². The van der Waals surface area contributed by atoms with Crippen molar-refractivity contribution in [3.63, 3.8) is 0 Å². The summed E-state index contributed by atoms with van der Waals surface area (Å²) < 4.78 is 4.99. The topological polar surface area (TPSA) is 13.1 Å². The molecule has 0 radical (unpaired) electrons. The van der Waals surface area contributed by atoms with E-state index in [2.05, 4.69) is 26.0 Å². The minimum atomic E-state index is 0. The summed E-state index contributed by atoms with van der Waals surface area (Å²) in [6.45, 7) is 0. The smallest absolute Gasteiger partial charge is 0.00701 e. The zero-order chi connectivity index (χ0) is 8.10. The fourth-order valence-electron chi connectivity index (χ4n) is 0.849. The Hall–Kier alpha value is 0.711. The van der Waals surface area contributed by atoms with Crippen LogP contribution in [-0.2, 0) is 14.8 Å². The van der Waals surface area contributed by atoms with Gasteiger partial charge in [-0.25, -0.2) is 0 Å². The minimum Gasteiger partial charge on any atom is -0.591 e. The molecular formula is C8H6ILiOZn+2. The van der Waals surface area contributed by atoms with Gasteiger partial charge in [0.15, 0.2) is 0 Å². The maximum Gasteiger partial charge on any atom is -0.00701 e. The van der Waals surface area contributed by atoms with Gasteiger partial charge in [0.1, 0.15) is 0 Å².